The molecular formula is C13H15ClFNO3. The number of benzene rings is 1. The predicted molar refractivity (Wildman–Crippen MR) is 69.6 cm³/mol. The summed E-state index contributed by atoms with van der Waals surface area (Å²) in [5.41, 5.74) is 0.0998. The second kappa shape index (κ2) is 7.09. The van der Waals surface area contributed by atoms with Crippen molar-refractivity contribution in [1.29, 1.82) is 0 Å². The van der Waals surface area contributed by atoms with Gasteiger partial charge in [0, 0.05) is 6.04 Å². The molecule has 0 spiro atoms. The van der Waals surface area contributed by atoms with Crippen LogP contribution in [-0.2, 0) is 9.53 Å². The molecule has 6 heteroatoms. The molecule has 0 bridgehead atoms. The fraction of sp³-hybridized carbons (Fsp3) is 0.385. The number of hydrogen-bond donors (Lipinski definition) is 1. The lowest BCUT2D eigenvalue weighted by Crippen LogP contribution is -2.35. The number of halogens is 2. The van der Waals surface area contributed by atoms with Crippen molar-refractivity contribution in [2.75, 3.05) is 6.61 Å². The average molecular weight is 288 g/mol. The highest BCUT2D eigenvalue weighted by molar-refractivity contribution is 6.31. The molecule has 1 aromatic rings. The Balaban J connectivity index is 2.51. The van der Waals surface area contributed by atoms with Gasteiger partial charge in [0.2, 0.25) is 0 Å². The van der Waals surface area contributed by atoms with Crippen LogP contribution in [0.25, 0.3) is 0 Å². The van der Waals surface area contributed by atoms with Crippen LogP contribution in [0.4, 0.5) is 4.39 Å². The molecule has 0 radical (unpaired) electrons. The number of carbonyl (C=O) groups excluding carboxylic acids is 2. The lowest BCUT2D eigenvalue weighted by Gasteiger charge is -2.11. The lowest BCUT2D eigenvalue weighted by molar-refractivity contribution is -0.124. The number of amides is 1. The number of esters is 1. The second-order valence-corrected chi connectivity index (χ2v) is 4.49. The third-order valence-electron chi connectivity index (χ3n) is 2.51. The van der Waals surface area contributed by atoms with Crippen LogP contribution in [0.3, 0.4) is 0 Å². The van der Waals surface area contributed by atoms with E-state index in [1.165, 1.54) is 6.07 Å². The number of hydrogen-bond acceptors (Lipinski definition) is 3. The van der Waals surface area contributed by atoms with Gasteiger partial charge in [-0.1, -0.05) is 18.5 Å². The van der Waals surface area contributed by atoms with Gasteiger partial charge < -0.3 is 10.1 Å². The highest BCUT2D eigenvalue weighted by atomic mass is 35.5. The maximum absolute atomic E-state index is 12.9. The molecule has 1 amide bonds. The molecule has 104 valence electrons. The molecule has 0 aliphatic carbocycles. The lowest BCUT2D eigenvalue weighted by atomic mass is 10.2. The Bertz CT molecular complexity index is 479. The van der Waals surface area contributed by atoms with Crippen molar-refractivity contribution in [3.63, 3.8) is 0 Å². The average Bonchev–Trinajstić information content (AvgIpc) is 2.39. The third-order valence-corrected chi connectivity index (χ3v) is 2.80. The molecule has 0 saturated carbocycles. The van der Waals surface area contributed by atoms with Crippen LogP contribution in [0.2, 0.25) is 5.02 Å². The van der Waals surface area contributed by atoms with E-state index in [0.717, 1.165) is 18.6 Å². The first-order valence-electron chi connectivity index (χ1n) is 5.85. The van der Waals surface area contributed by atoms with Crippen LogP contribution in [-0.4, -0.2) is 24.5 Å². The molecule has 0 aromatic heterocycles. The van der Waals surface area contributed by atoms with Crippen molar-refractivity contribution in [2.45, 2.75) is 26.3 Å². The van der Waals surface area contributed by atoms with Crippen molar-refractivity contribution in [2.24, 2.45) is 0 Å². The molecule has 1 rings (SSSR count). The fourth-order valence-corrected chi connectivity index (χ4v) is 1.44. The monoisotopic (exact) mass is 287 g/mol. The van der Waals surface area contributed by atoms with Crippen molar-refractivity contribution in [3.8, 4) is 0 Å². The Morgan fingerprint density at radius 3 is 2.74 bits per heavy atom. The zero-order chi connectivity index (χ0) is 14.4. The van der Waals surface area contributed by atoms with Crippen LogP contribution in [0, 0.1) is 5.82 Å². The largest absolute Gasteiger partial charge is 0.452 e. The smallest absolute Gasteiger partial charge is 0.338 e. The molecule has 19 heavy (non-hydrogen) atoms. The van der Waals surface area contributed by atoms with E-state index in [2.05, 4.69) is 5.32 Å². The molecule has 1 aromatic carbocycles. The van der Waals surface area contributed by atoms with E-state index in [1.807, 2.05) is 13.8 Å². The van der Waals surface area contributed by atoms with E-state index >= 15 is 0 Å². The van der Waals surface area contributed by atoms with Gasteiger partial charge in [0.1, 0.15) is 5.82 Å². The molecule has 1 N–H and O–H groups in total. The number of carbonyl (C=O) groups is 2. The fourth-order valence-electron chi connectivity index (χ4n) is 1.26. The van der Waals surface area contributed by atoms with Crippen LogP contribution in [0.15, 0.2) is 18.2 Å². The van der Waals surface area contributed by atoms with E-state index in [1.54, 1.807) is 0 Å². The third kappa shape index (κ3) is 4.87. The zero-order valence-corrected chi connectivity index (χ0v) is 11.5. The normalized spacial score (nSPS) is 11.8. The number of nitrogens with one attached hydrogen (secondary N) is 1. The van der Waals surface area contributed by atoms with Gasteiger partial charge >= 0.3 is 5.97 Å². The Morgan fingerprint density at radius 1 is 1.47 bits per heavy atom. The van der Waals surface area contributed by atoms with E-state index in [9.17, 15) is 14.0 Å². The Labute approximate surface area is 115 Å². The van der Waals surface area contributed by atoms with Crippen molar-refractivity contribution >= 4 is 23.5 Å². The summed E-state index contributed by atoms with van der Waals surface area (Å²) in [7, 11) is 0. The summed E-state index contributed by atoms with van der Waals surface area (Å²) in [6.45, 7) is 3.40. The number of rotatable bonds is 5. The molecular weight excluding hydrogens is 273 g/mol. The van der Waals surface area contributed by atoms with Crippen molar-refractivity contribution < 1.29 is 18.7 Å². The van der Waals surface area contributed by atoms with Crippen LogP contribution >= 0.6 is 11.6 Å². The van der Waals surface area contributed by atoms with E-state index in [0.29, 0.717) is 0 Å². The summed E-state index contributed by atoms with van der Waals surface area (Å²) in [5.74, 6) is -1.72. The van der Waals surface area contributed by atoms with Crippen molar-refractivity contribution in [1.82, 2.24) is 5.32 Å². The minimum atomic E-state index is -0.721. The highest BCUT2D eigenvalue weighted by Crippen LogP contribution is 2.16. The highest BCUT2D eigenvalue weighted by Gasteiger charge is 2.13. The standard InChI is InChI=1S/C13H15ClFNO3/c1-3-8(2)16-12(17)7-19-13(18)9-4-5-11(15)10(14)6-9/h4-6,8H,3,7H2,1-2H3,(H,16,17)/t8-/m1/s1. The van der Waals surface area contributed by atoms with E-state index in [-0.39, 0.29) is 29.1 Å². The quantitative estimate of drug-likeness (QED) is 0.847. The molecule has 0 aliphatic heterocycles. The topological polar surface area (TPSA) is 55.4 Å². The van der Waals surface area contributed by atoms with Gasteiger partial charge in [-0.15, -0.1) is 0 Å². The molecule has 0 aliphatic rings. The number of ether oxygens (including phenoxy) is 1. The molecule has 1 atom stereocenters. The van der Waals surface area contributed by atoms with Crippen molar-refractivity contribution in [3.05, 3.63) is 34.6 Å². The van der Waals surface area contributed by atoms with Gasteiger partial charge in [0.15, 0.2) is 6.61 Å². The summed E-state index contributed by atoms with van der Waals surface area (Å²) in [6, 6.07) is 3.49. The van der Waals surface area contributed by atoms with E-state index in [4.69, 9.17) is 16.3 Å². The van der Waals surface area contributed by atoms with Crippen LogP contribution in [0.1, 0.15) is 30.6 Å². The molecule has 0 fully saturated rings. The van der Waals surface area contributed by atoms with E-state index < -0.39 is 11.8 Å². The maximum atomic E-state index is 12.9. The summed E-state index contributed by atoms with van der Waals surface area (Å²) in [4.78, 5) is 23.0. The molecule has 0 unspecified atom stereocenters. The summed E-state index contributed by atoms with van der Waals surface area (Å²) in [5, 5.41) is 2.49. The van der Waals surface area contributed by atoms with Gasteiger partial charge in [-0.05, 0) is 31.5 Å². The molecule has 4 nitrogen and oxygen atoms in total. The molecule has 0 saturated heterocycles. The SMILES string of the molecule is CC[C@@H](C)NC(=O)COC(=O)c1ccc(F)c(Cl)c1. The summed E-state index contributed by atoms with van der Waals surface area (Å²) < 4.78 is 17.7. The first-order chi connectivity index (χ1) is 8.93. The van der Waals surface area contributed by atoms with Gasteiger partial charge in [-0.3, -0.25) is 4.79 Å². The summed E-state index contributed by atoms with van der Waals surface area (Å²) in [6.07, 6.45) is 0.785. The Kier molecular flexibility index (Phi) is 5.76. The first-order valence-corrected chi connectivity index (χ1v) is 6.23. The van der Waals surface area contributed by atoms with Crippen LogP contribution < -0.4 is 5.32 Å². The van der Waals surface area contributed by atoms with Crippen LogP contribution in [0.5, 0.6) is 0 Å². The zero-order valence-electron chi connectivity index (χ0n) is 10.7. The van der Waals surface area contributed by atoms with Gasteiger partial charge in [0.25, 0.3) is 5.91 Å². The van der Waals surface area contributed by atoms with Gasteiger partial charge in [-0.2, -0.15) is 0 Å². The van der Waals surface area contributed by atoms with Gasteiger partial charge in [-0.25, -0.2) is 9.18 Å². The molecule has 0 heterocycles. The Hall–Kier alpha value is -1.62. The predicted octanol–water partition coefficient (Wildman–Crippen LogP) is 2.55. The first kappa shape index (κ1) is 15.4. The maximum Gasteiger partial charge on any atom is 0.338 e. The summed E-state index contributed by atoms with van der Waals surface area (Å²) >= 11 is 5.55. The van der Waals surface area contributed by atoms with Gasteiger partial charge in [0.05, 0.1) is 10.6 Å². The second-order valence-electron chi connectivity index (χ2n) is 4.08. The Morgan fingerprint density at radius 2 is 2.16 bits per heavy atom. The minimum Gasteiger partial charge on any atom is -0.452 e. The minimum absolute atomic E-state index is 0.0199.